The third kappa shape index (κ3) is 5.96. The van der Waals surface area contributed by atoms with Crippen LogP contribution in [0.1, 0.15) is 18.6 Å². The van der Waals surface area contributed by atoms with Crippen molar-refractivity contribution in [2.45, 2.75) is 37.1 Å². The smallest absolute Gasteiger partial charge is 0.475 e. The molecule has 0 aliphatic carbocycles. The van der Waals surface area contributed by atoms with E-state index in [1.165, 1.54) is 18.3 Å². The van der Waals surface area contributed by atoms with Gasteiger partial charge in [0, 0.05) is 25.7 Å². The number of alkyl halides is 3. The Morgan fingerprint density at radius 2 is 2.06 bits per heavy atom. The third-order valence-electron chi connectivity index (χ3n) is 5.00. The van der Waals surface area contributed by atoms with Crippen LogP contribution in [-0.4, -0.2) is 64.4 Å². The first-order valence-corrected chi connectivity index (χ1v) is 9.59. The first kappa shape index (κ1) is 23.5. The maximum absolute atomic E-state index is 13.7. The summed E-state index contributed by atoms with van der Waals surface area (Å²) in [5, 5.41) is 7.12. The summed E-state index contributed by atoms with van der Waals surface area (Å²) in [6, 6.07) is 6.40. The van der Waals surface area contributed by atoms with Gasteiger partial charge < -0.3 is 23.9 Å². The monoisotopic (exact) mass is 460 g/mol. The van der Waals surface area contributed by atoms with E-state index in [1.807, 2.05) is 0 Å². The Balaban J connectivity index is 0.000000360. The van der Waals surface area contributed by atoms with Crippen molar-refractivity contribution in [2.75, 3.05) is 19.7 Å². The molecule has 8 nitrogen and oxygen atoms in total. The molecule has 1 amide bonds. The lowest BCUT2D eigenvalue weighted by atomic mass is 9.98. The molecule has 0 saturated carbocycles. The molecule has 2 aromatic heterocycles. The van der Waals surface area contributed by atoms with E-state index < -0.39 is 23.6 Å². The molecule has 32 heavy (non-hydrogen) atoms. The van der Waals surface area contributed by atoms with Crippen LogP contribution >= 0.6 is 0 Å². The number of carboxylic acids is 1. The van der Waals surface area contributed by atoms with Crippen LogP contribution in [0.5, 0.6) is 5.88 Å². The number of amides is 1. The summed E-state index contributed by atoms with van der Waals surface area (Å²) in [7, 11) is 0. The number of hydrogen-bond donors (Lipinski definition) is 1. The summed E-state index contributed by atoms with van der Waals surface area (Å²) in [6.07, 6.45) is -0.664. The van der Waals surface area contributed by atoms with Crippen molar-refractivity contribution in [1.82, 2.24) is 9.88 Å². The zero-order chi connectivity index (χ0) is 23.4. The Hall–Kier alpha value is -3.15. The minimum absolute atomic E-state index is 0.00287. The van der Waals surface area contributed by atoms with Gasteiger partial charge in [0.25, 0.3) is 5.88 Å². The van der Waals surface area contributed by atoms with Gasteiger partial charge in [-0.1, -0.05) is 0 Å². The molecule has 0 bridgehead atoms. The first-order chi connectivity index (χ1) is 15.1. The van der Waals surface area contributed by atoms with Gasteiger partial charge in [0.15, 0.2) is 5.82 Å². The van der Waals surface area contributed by atoms with Gasteiger partial charge >= 0.3 is 12.1 Å². The maximum atomic E-state index is 13.7. The van der Waals surface area contributed by atoms with Crippen LogP contribution in [0, 0.1) is 5.82 Å². The zero-order valence-electron chi connectivity index (χ0n) is 16.7. The summed E-state index contributed by atoms with van der Waals surface area (Å²) in [5.41, 5.74) is -0.408. The molecule has 2 aliphatic rings. The average molecular weight is 460 g/mol. The van der Waals surface area contributed by atoms with Gasteiger partial charge in [-0.3, -0.25) is 4.79 Å². The van der Waals surface area contributed by atoms with Gasteiger partial charge in [0.2, 0.25) is 5.91 Å². The fourth-order valence-electron chi connectivity index (χ4n) is 3.51. The summed E-state index contributed by atoms with van der Waals surface area (Å²) in [5.74, 6) is -2.56. The van der Waals surface area contributed by atoms with Gasteiger partial charge in [-0.2, -0.15) is 13.2 Å². The number of ether oxygens (including phenoxy) is 2. The second-order valence-corrected chi connectivity index (χ2v) is 7.35. The number of rotatable bonds is 4. The minimum atomic E-state index is -5.08. The summed E-state index contributed by atoms with van der Waals surface area (Å²) in [4.78, 5) is 27.0. The molecule has 174 valence electrons. The van der Waals surface area contributed by atoms with E-state index in [0.717, 1.165) is 6.42 Å². The number of carbonyl (C=O) groups is 2. The van der Waals surface area contributed by atoms with E-state index in [2.05, 4.69) is 4.98 Å². The van der Waals surface area contributed by atoms with Crippen LogP contribution < -0.4 is 4.74 Å². The average Bonchev–Trinajstić information content (AvgIpc) is 3.46. The molecule has 2 aliphatic heterocycles. The van der Waals surface area contributed by atoms with Crippen LogP contribution in [-0.2, 0) is 20.7 Å². The quantitative estimate of drug-likeness (QED) is 0.700. The van der Waals surface area contributed by atoms with Gasteiger partial charge in [-0.25, -0.2) is 14.2 Å². The summed E-state index contributed by atoms with van der Waals surface area (Å²) >= 11 is 0. The van der Waals surface area contributed by atoms with Crippen molar-refractivity contribution in [3.8, 4) is 5.88 Å². The van der Waals surface area contributed by atoms with Gasteiger partial charge in [-0.05, 0) is 30.7 Å². The Labute approximate surface area is 179 Å². The van der Waals surface area contributed by atoms with E-state index in [4.69, 9.17) is 23.8 Å². The second-order valence-electron chi connectivity index (χ2n) is 7.35. The van der Waals surface area contributed by atoms with Crippen molar-refractivity contribution in [3.05, 3.63) is 48.3 Å². The highest BCUT2D eigenvalue weighted by atomic mass is 19.4. The fourth-order valence-corrected chi connectivity index (χ4v) is 3.51. The minimum Gasteiger partial charge on any atom is -0.475 e. The molecule has 2 saturated heterocycles. The molecule has 4 rings (SSSR count). The Kier molecular flexibility index (Phi) is 7.02. The molecule has 0 unspecified atom stereocenters. The molecule has 2 aromatic rings. The number of halogens is 4. The van der Waals surface area contributed by atoms with Crippen LogP contribution in [0.2, 0.25) is 0 Å². The number of pyridine rings is 1. The summed E-state index contributed by atoms with van der Waals surface area (Å²) in [6.45, 7) is 1.54. The topological polar surface area (TPSA) is 102 Å². The molecule has 1 spiro atoms. The maximum Gasteiger partial charge on any atom is 0.490 e. The molecule has 0 aromatic carbocycles. The zero-order valence-corrected chi connectivity index (χ0v) is 16.7. The number of aromatic nitrogens is 1. The third-order valence-corrected chi connectivity index (χ3v) is 5.00. The first-order valence-electron chi connectivity index (χ1n) is 9.59. The molecule has 2 atom stereocenters. The van der Waals surface area contributed by atoms with E-state index in [9.17, 15) is 22.4 Å². The highest BCUT2D eigenvalue weighted by Crippen LogP contribution is 2.36. The van der Waals surface area contributed by atoms with Crippen molar-refractivity contribution in [2.24, 2.45) is 0 Å². The largest absolute Gasteiger partial charge is 0.490 e. The van der Waals surface area contributed by atoms with Crippen molar-refractivity contribution >= 4 is 11.9 Å². The van der Waals surface area contributed by atoms with Crippen molar-refractivity contribution in [1.29, 1.82) is 0 Å². The van der Waals surface area contributed by atoms with Crippen molar-refractivity contribution in [3.63, 3.8) is 0 Å². The Morgan fingerprint density at radius 1 is 1.31 bits per heavy atom. The normalized spacial score (nSPS) is 22.5. The predicted molar refractivity (Wildman–Crippen MR) is 99.2 cm³/mol. The SMILES string of the molecule is O=C(Cc1ccco1)N1CC[C@]2(C[C@H](Oc3ncccc3F)CO2)C1.O=C(O)C(F)(F)F. The highest BCUT2D eigenvalue weighted by Gasteiger charge is 2.47. The van der Waals surface area contributed by atoms with Crippen LogP contribution in [0.15, 0.2) is 41.1 Å². The van der Waals surface area contributed by atoms with E-state index >= 15 is 0 Å². The Morgan fingerprint density at radius 3 is 2.69 bits per heavy atom. The molecule has 1 N–H and O–H groups in total. The van der Waals surface area contributed by atoms with Gasteiger partial charge in [0.05, 0.1) is 24.9 Å². The van der Waals surface area contributed by atoms with E-state index in [-0.39, 0.29) is 24.3 Å². The fraction of sp³-hybridized carbons (Fsp3) is 0.450. The molecule has 12 heteroatoms. The number of carboxylic acid groups (broad SMARTS) is 1. The number of hydrogen-bond acceptors (Lipinski definition) is 6. The number of furan rings is 1. The van der Waals surface area contributed by atoms with E-state index in [1.54, 1.807) is 23.3 Å². The second kappa shape index (κ2) is 9.55. The molecule has 4 heterocycles. The van der Waals surface area contributed by atoms with Crippen LogP contribution in [0.3, 0.4) is 0 Å². The lowest BCUT2D eigenvalue weighted by Crippen LogP contribution is -2.36. The lowest BCUT2D eigenvalue weighted by Gasteiger charge is -2.23. The molecular formula is C20H20F4N2O6. The van der Waals surface area contributed by atoms with Crippen LogP contribution in [0.25, 0.3) is 0 Å². The number of carbonyl (C=O) groups excluding carboxylic acids is 1. The predicted octanol–water partition coefficient (Wildman–Crippen LogP) is 2.83. The van der Waals surface area contributed by atoms with Gasteiger partial charge in [0.1, 0.15) is 11.9 Å². The standard InChI is InChI=1S/C18H19FN2O4.C2HF3O2/c19-15-4-1-6-20-17(15)25-14-10-18(24-11-14)5-7-21(12-18)16(22)9-13-3-2-8-23-13;3-2(4,5)1(6)7/h1-4,6,8,14H,5,7,9-12H2;(H,6,7)/t14-,18-;/m0./s1. The van der Waals surface area contributed by atoms with E-state index in [0.29, 0.717) is 31.9 Å². The number of aliphatic carboxylic acids is 1. The summed E-state index contributed by atoms with van der Waals surface area (Å²) < 4.78 is 62.2. The Bertz CT molecular complexity index is 936. The van der Waals surface area contributed by atoms with Gasteiger partial charge in [-0.15, -0.1) is 0 Å². The number of nitrogens with zero attached hydrogens (tertiary/aromatic N) is 2. The van der Waals surface area contributed by atoms with Crippen molar-refractivity contribution < 1.29 is 46.1 Å². The molecule has 2 fully saturated rings. The van der Waals surface area contributed by atoms with Crippen LogP contribution in [0.4, 0.5) is 17.6 Å². The molecular weight excluding hydrogens is 440 g/mol. The lowest BCUT2D eigenvalue weighted by molar-refractivity contribution is -0.192. The number of likely N-dealkylation sites (tertiary alicyclic amines) is 1. The molecule has 0 radical (unpaired) electrons. The highest BCUT2D eigenvalue weighted by molar-refractivity contribution is 5.78.